The lowest BCUT2D eigenvalue weighted by Crippen LogP contribution is -2.26. The Morgan fingerprint density at radius 2 is 1.90 bits per heavy atom. The van der Waals surface area contributed by atoms with Crippen LogP contribution in [0.25, 0.3) is 0 Å². The number of aliphatic hydroxyl groups is 1. The molecule has 6 heteroatoms. The van der Waals surface area contributed by atoms with Crippen molar-refractivity contribution < 1.29 is 10.0 Å². The first-order valence-corrected chi connectivity index (χ1v) is 6.82. The van der Waals surface area contributed by atoms with Crippen LogP contribution in [0.5, 0.6) is 0 Å². The molecule has 0 saturated heterocycles. The van der Waals surface area contributed by atoms with E-state index < -0.39 is 4.92 Å². The topological polar surface area (TPSA) is 66.6 Å². The number of hydrogen-bond acceptors (Lipinski definition) is 4. The fourth-order valence-electron chi connectivity index (χ4n) is 2.06. The third kappa shape index (κ3) is 4.18. The average Bonchev–Trinajstić information content (AvgIpc) is 2.47. The number of halogens is 1. The van der Waals surface area contributed by atoms with E-state index in [0.717, 1.165) is 11.3 Å². The molecule has 0 unspecified atom stereocenters. The molecule has 0 heterocycles. The van der Waals surface area contributed by atoms with Crippen LogP contribution in [0.3, 0.4) is 0 Å². The van der Waals surface area contributed by atoms with Crippen molar-refractivity contribution in [1.82, 2.24) is 0 Å². The highest BCUT2D eigenvalue weighted by molar-refractivity contribution is 6.30. The monoisotopic (exact) mass is 306 g/mol. The summed E-state index contributed by atoms with van der Waals surface area (Å²) in [5.74, 6) is 0. The molecule has 0 aromatic heterocycles. The molecule has 0 spiro atoms. The van der Waals surface area contributed by atoms with Gasteiger partial charge in [0.1, 0.15) is 0 Å². The van der Waals surface area contributed by atoms with Gasteiger partial charge in [0.05, 0.1) is 11.5 Å². The molecule has 0 atom stereocenters. The van der Waals surface area contributed by atoms with Crippen LogP contribution in [0, 0.1) is 10.1 Å². The lowest BCUT2D eigenvalue weighted by atomic mass is 10.2. The Morgan fingerprint density at radius 3 is 2.48 bits per heavy atom. The number of aliphatic hydroxyl groups excluding tert-OH is 1. The number of benzene rings is 2. The largest absolute Gasteiger partial charge is 0.395 e. The summed E-state index contributed by atoms with van der Waals surface area (Å²) in [6.45, 7) is 1.00. The molecule has 5 nitrogen and oxygen atoms in total. The second kappa shape index (κ2) is 7.06. The summed E-state index contributed by atoms with van der Waals surface area (Å²) < 4.78 is 0. The van der Waals surface area contributed by atoms with Gasteiger partial charge in [-0.05, 0) is 29.8 Å². The number of nitro groups is 1. The Labute approximate surface area is 127 Å². The van der Waals surface area contributed by atoms with E-state index in [9.17, 15) is 15.2 Å². The lowest BCUT2D eigenvalue weighted by molar-refractivity contribution is -0.384. The maximum Gasteiger partial charge on any atom is 0.269 e. The van der Waals surface area contributed by atoms with Crippen LogP contribution >= 0.6 is 11.6 Å². The summed E-state index contributed by atoms with van der Waals surface area (Å²) in [7, 11) is 0. The van der Waals surface area contributed by atoms with Crippen LogP contribution in [0.2, 0.25) is 5.02 Å². The molecule has 0 bridgehead atoms. The van der Waals surface area contributed by atoms with E-state index in [1.165, 1.54) is 12.1 Å². The molecular formula is C15H15ClN2O3. The quantitative estimate of drug-likeness (QED) is 0.657. The Balaban J connectivity index is 2.20. The molecule has 2 aromatic carbocycles. The molecule has 0 fully saturated rings. The molecule has 0 amide bonds. The molecule has 0 aliphatic rings. The van der Waals surface area contributed by atoms with Crippen molar-refractivity contribution in [2.45, 2.75) is 6.54 Å². The van der Waals surface area contributed by atoms with E-state index in [4.69, 9.17) is 11.6 Å². The second-order valence-corrected chi connectivity index (χ2v) is 4.99. The first-order valence-electron chi connectivity index (χ1n) is 6.45. The molecule has 1 N–H and O–H groups in total. The zero-order valence-electron chi connectivity index (χ0n) is 11.3. The van der Waals surface area contributed by atoms with Crippen molar-refractivity contribution in [3.05, 3.63) is 69.2 Å². The predicted octanol–water partition coefficient (Wildman–Crippen LogP) is 3.25. The highest BCUT2D eigenvalue weighted by atomic mass is 35.5. The van der Waals surface area contributed by atoms with Gasteiger partial charge in [0.2, 0.25) is 0 Å². The number of hydrogen-bond donors (Lipinski definition) is 1. The minimum absolute atomic E-state index is 0.00243. The van der Waals surface area contributed by atoms with E-state index in [0.29, 0.717) is 18.1 Å². The Bertz CT molecular complexity index is 617. The highest BCUT2D eigenvalue weighted by Gasteiger charge is 2.10. The van der Waals surface area contributed by atoms with Gasteiger partial charge in [0.15, 0.2) is 0 Å². The van der Waals surface area contributed by atoms with Gasteiger partial charge >= 0.3 is 0 Å². The van der Waals surface area contributed by atoms with Gasteiger partial charge in [-0.3, -0.25) is 10.1 Å². The number of anilines is 1. The molecule has 2 aromatic rings. The maximum absolute atomic E-state index is 10.7. The molecule has 0 radical (unpaired) electrons. The number of rotatable bonds is 6. The zero-order valence-corrected chi connectivity index (χ0v) is 12.0. The maximum atomic E-state index is 10.7. The molecular weight excluding hydrogens is 292 g/mol. The van der Waals surface area contributed by atoms with Crippen molar-refractivity contribution in [2.75, 3.05) is 18.1 Å². The van der Waals surface area contributed by atoms with Gasteiger partial charge in [-0.25, -0.2) is 0 Å². The minimum Gasteiger partial charge on any atom is -0.395 e. The van der Waals surface area contributed by atoms with Gasteiger partial charge in [0, 0.05) is 35.9 Å². The van der Waals surface area contributed by atoms with Crippen molar-refractivity contribution in [2.24, 2.45) is 0 Å². The van der Waals surface area contributed by atoms with Crippen LogP contribution in [-0.2, 0) is 6.54 Å². The Hall–Kier alpha value is -2.11. The van der Waals surface area contributed by atoms with Gasteiger partial charge < -0.3 is 10.0 Å². The fraction of sp³-hybridized carbons (Fsp3) is 0.200. The highest BCUT2D eigenvalue weighted by Crippen LogP contribution is 2.22. The summed E-state index contributed by atoms with van der Waals surface area (Å²) in [5, 5.41) is 20.5. The summed E-state index contributed by atoms with van der Waals surface area (Å²) in [5.41, 5.74) is 1.87. The van der Waals surface area contributed by atoms with E-state index in [2.05, 4.69) is 0 Å². The van der Waals surface area contributed by atoms with Gasteiger partial charge in [-0.1, -0.05) is 23.7 Å². The van der Waals surface area contributed by atoms with Crippen LogP contribution in [-0.4, -0.2) is 23.2 Å². The molecule has 21 heavy (non-hydrogen) atoms. The first-order chi connectivity index (χ1) is 10.1. The predicted molar refractivity (Wildman–Crippen MR) is 82.7 cm³/mol. The van der Waals surface area contributed by atoms with Gasteiger partial charge in [-0.2, -0.15) is 0 Å². The third-order valence-corrected chi connectivity index (χ3v) is 3.29. The normalized spacial score (nSPS) is 10.4. The van der Waals surface area contributed by atoms with Crippen LogP contribution in [0.4, 0.5) is 11.4 Å². The van der Waals surface area contributed by atoms with Crippen LogP contribution in [0.1, 0.15) is 5.56 Å². The first kappa shape index (κ1) is 15.3. The van der Waals surface area contributed by atoms with Crippen molar-refractivity contribution in [3.63, 3.8) is 0 Å². The molecule has 110 valence electrons. The molecule has 2 rings (SSSR count). The van der Waals surface area contributed by atoms with Crippen molar-refractivity contribution in [1.29, 1.82) is 0 Å². The van der Waals surface area contributed by atoms with E-state index in [-0.39, 0.29) is 12.3 Å². The third-order valence-electron chi connectivity index (χ3n) is 3.06. The van der Waals surface area contributed by atoms with Crippen LogP contribution < -0.4 is 4.90 Å². The summed E-state index contributed by atoms with van der Waals surface area (Å²) >= 11 is 5.96. The van der Waals surface area contributed by atoms with E-state index >= 15 is 0 Å². The molecule has 0 saturated carbocycles. The number of nitro benzene ring substituents is 1. The summed E-state index contributed by atoms with van der Waals surface area (Å²) in [6, 6.07) is 13.7. The van der Waals surface area contributed by atoms with Crippen LogP contribution in [0.15, 0.2) is 48.5 Å². The number of nitrogens with zero attached hydrogens (tertiary/aromatic N) is 2. The van der Waals surface area contributed by atoms with Gasteiger partial charge in [-0.15, -0.1) is 0 Å². The zero-order chi connectivity index (χ0) is 15.2. The SMILES string of the molecule is O=[N+]([O-])c1ccc(N(CCO)Cc2cccc(Cl)c2)cc1. The molecule has 0 aliphatic carbocycles. The fourth-order valence-corrected chi connectivity index (χ4v) is 2.27. The summed E-state index contributed by atoms with van der Waals surface area (Å²) in [4.78, 5) is 12.2. The smallest absolute Gasteiger partial charge is 0.269 e. The Morgan fingerprint density at radius 1 is 1.19 bits per heavy atom. The average molecular weight is 307 g/mol. The number of non-ortho nitro benzene ring substituents is 1. The summed E-state index contributed by atoms with van der Waals surface area (Å²) in [6.07, 6.45) is 0. The standard InChI is InChI=1S/C15H15ClN2O3/c16-13-3-1-2-12(10-13)11-17(8-9-19)14-4-6-15(7-5-14)18(20)21/h1-7,10,19H,8-9,11H2. The second-order valence-electron chi connectivity index (χ2n) is 4.55. The van der Waals surface area contributed by atoms with E-state index in [1.807, 2.05) is 23.1 Å². The van der Waals surface area contributed by atoms with Gasteiger partial charge in [0.25, 0.3) is 5.69 Å². The minimum atomic E-state index is -0.433. The van der Waals surface area contributed by atoms with Crippen molar-refractivity contribution >= 4 is 23.0 Å². The lowest BCUT2D eigenvalue weighted by Gasteiger charge is -2.24. The molecule has 0 aliphatic heterocycles. The Kier molecular flexibility index (Phi) is 5.14. The van der Waals surface area contributed by atoms with Crippen molar-refractivity contribution in [3.8, 4) is 0 Å². The van der Waals surface area contributed by atoms with E-state index in [1.54, 1.807) is 18.2 Å².